The van der Waals surface area contributed by atoms with Gasteiger partial charge >= 0.3 is 0 Å². The highest BCUT2D eigenvalue weighted by Crippen LogP contribution is 2.70. The molecule has 0 aliphatic rings. The average Bonchev–Trinajstić information content (AvgIpc) is 2.61. The summed E-state index contributed by atoms with van der Waals surface area (Å²) >= 11 is 34.8. The molecular formula is C18H13Br9. The Labute approximate surface area is 235 Å². The second-order valence-corrected chi connectivity index (χ2v) is 20.7. The monoisotopic (exact) mass is 939 g/mol. The second kappa shape index (κ2) is 9.72. The van der Waals surface area contributed by atoms with E-state index in [0.717, 1.165) is 11.1 Å². The van der Waals surface area contributed by atoms with Gasteiger partial charge in [0.1, 0.15) is 14.0 Å². The van der Waals surface area contributed by atoms with Crippen molar-refractivity contribution in [3.63, 3.8) is 0 Å². The quantitative estimate of drug-likeness (QED) is 0.253. The first-order chi connectivity index (χ1) is 12.3. The Bertz CT molecular complexity index is 786. The van der Waals surface area contributed by atoms with Gasteiger partial charge in [-0.25, -0.2) is 0 Å². The third kappa shape index (κ3) is 4.76. The first kappa shape index (κ1) is 26.0. The molecule has 9 heteroatoms. The molecule has 0 saturated heterocycles. The molecular weight excluding hydrogens is 935 g/mol. The van der Waals surface area contributed by atoms with Gasteiger partial charge in [0.2, 0.25) is 0 Å². The van der Waals surface area contributed by atoms with Gasteiger partial charge in [0.15, 0.2) is 0 Å². The van der Waals surface area contributed by atoms with Crippen LogP contribution in [0.4, 0.5) is 0 Å². The molecule has 0 amide bonds. The van der Waals surface area contributed by atoms with Crippen LogP contribution in [0.25, 0.3) is 0 Å². The maximum Gasteiger partial charge on any atom is 0.134 e. The Morgan fingerprint density at radius 3 is 1.67 bits per heavy atom. The summed E-state index contributed by atoms with van der Waals surface area (Å²) in [6.45, 7) is 2.09. The number of benzene rings is 2. The lowest BCUT2D eigenvalue weighted by Crippen LogP contribution is -2.58. The SMILES string of the molecule is Cc1cccc(C(Br)(c2ccccc2)C(Br)(Br)C(Br)(Br)C(Br)(Br)C(Br)Br)c1. The summed E-state index contributed by atoms with van der Waals surface area (Å²) in [6, 6.07) is 18.8. The zero-order valence-electron chi connectivity index (χ0n) is 13.7. The molecule has 0 spiro atoms. The number of alkyl halides is 9. The van der Waals surface area contributed by atoms with Crippen molar-refractivity contribution in [2.24, 2.45) is 0 Å². The molecule has 0 N–H and O–H groups in total. The van der Waals surface area contributed by atoms with Gasteiger partial charge in [-0.1, -0.05) is 204 Å². The molecule has 2 aromatic carbocycles. The lowest BCUT2D eigenvalue weighted by Gasteiger charge is -2.52. The van der Waals surface area contributed by atoms with Crippen LogP contribution in [-0.4, -0.2) is 13.4 Å². The fourth-order valence-electron chi connectivity index (χ4n) is 2.62. The van der Waals surface area contributed by atoms with Crippen LogP contribution in [0, 0.1) is 6.92 Å². The molecule has 0 aromatic heterocycles. The maximum atomic E-state index is 4.11. The highest BCUT2D eigenvalue weighted by atomic mass is 79.9. The van der Waals surface area contributed by atoms with E-state index in [1.165, 1.54) is 5.56 Å². The summed E-state index contributed by atoms with van der Waals surface area (Å²) in [5, 5.41) is 0. The molecule has 2 rings (SSSR count). The molecule has 0 heterocycles. The molecule has 0 saturated carbocycles. The van der Waals surface area contributed by atoms with Crippen LogP contribution in [0.3, 0.4) is 0 Å². The minimum absolute atomic E-state index is 0.115. The van der Waals surface area contributed by atoms with E-state index in [0.29, 0.717) is 0 Å². The van der Waals surface area contributed by atoms with Gasteiger partial charge in [0, 0.05) is 0 Å². The molecule has 1 atom stereocenters. The second-order valence-electron chi connectivity index (χ2n) is 5.97. The minimum Gasteiger partial charge on any atom is -0.0739 e. The molecule has 0 radical (unpaired) electrons. The third-order valence-electron chi connectivity index (χ3n) is 4.11. The van der Waals surface area contributed by atoms with E-state index in [-0.39, 0.29) is 3.74 Å². The van der Waals surface area contributed by atoms with E-state index in [1.54, 1.807) is 0 Å². The highest BCUT2D eigenvalue weighted by molar-refractivity contribution is 9.34. The van der Waals surface area contributed by atoms with E-state index in [1.807, 2.05) is 18.2 Å². The number of halogens is 9. The maximum absolute atomic E-state index is 4.11. The van der Waals surface area contributed by atoms with Gasteiger partial charge in [-0.15, -0.1) is 0 Å². The molecule has 0 bridgehead atoms. The molecule has 2 aromatic rings. The zero-order valence-corrected chi connectivity index (χ0v) is 27.9. The van der Waals surface area contributed by atoms with E-state index in [2.05, 4.69) is 187 Å². The molecule has 0 aliphatic heterocycles. The van der Waals surface area contributed by atoms with Gasteiger partial charge in [0.25, 0.3) is 0 Å². The fourth-order valence-corrected chi connectivity index (χ4v) is 10.1. The lowest BCUT2D eigenvalue weighted by molar-refractivity contribution is 0.611. The number of aryl methyl sites for hydroxylation is 1. The first-order valence-electron chi connectivity index (χ1n) is 7.53. The van der Waals surface area contributed by atoms with Crippen molar-refractivity contribution < 1.29 is 0 Å². The first-order valence-corrected chi connectivity index (χ1v) is 14.9. The van der Waals surface area contributed by atoms with Gasteiger partial charge in [-0.05, 0) is 18.1 Å². The van der Waals surface area contributed by atoms with Crippen LogP contribution in [0.1, 0.15) is 16.7 Å². The Hall–Kier alpha value is 2.76. The Kier molecular flexibility index (Phi) is 9.36. The van der Waals surface area contributed by atoms with Gasteiger partial charge in [-0.3, -0.25) is 0 Å². The highest BCUT2D eigenvalue weighted by Gasteiger charge is 2.67. The number of hydrogen-bond donors (Lipinski definition) is 0. The molecule has 0 fully saturated rings. The van der Waals surface area contributed by atoms with E-state index in [9.17, 15) is 0 Å². The predicted octanol–water partition coefficient (Wildman–Crippen LogP) is 10.2. The van der Waals surface area contributed by atoms with Crippen LogP contribution in [0.15, 0.2) is 54.6 Å². The lowest BCUT2D eigenvalue weighted by atomic mass is 9.85. The fraction of sp³-hybridized carbons (Fsp3) is 0.333. The van der Waals surface area contributed by atoms with Crippen LogP contribution >= 0.6 is 143 Å². The summed E-state index contributed by atoms with van der Waals surface area (Å²) in [5.41, 5.74) is 3.37. The number of rotatable bonds is 6. The third-order valence-corrected chi connectivity index (χ3v) is 21.7. The molecule has 1 unspecified atom stereocenters. The van der Waals surface area contributed by atoms with Crippen LogP contribution in [-0.2, 0) is 4.32 Å². The summed E-state index contributed by atoms with van der Waals surface area (Å²) in [7, 11) is 0. The van der Waals surface area contributed by atoms with Crippen molar-refractivity contribution in [2.75, 3.05) is 0 Å². The summed E-state index contributed by atoms with van der Waals surface area (Å²) in [4.78, 5) is 0. The van der Waals surface area contributed by atoms with Gasteiger partial charge < -0.3 is 0 Å². The van der Waals surface area contributed by atoms with Crippen molar-refractivity contribution in [1.82, 2.24) is 0 Å². The Balaban J connectivity index is 2.81. The van der Waals surface area contributed by atoms with Crippen molar-refractivity contribution in [3.8, 4) is 0 Å². The van der Waals surface area contributed by atoms with Crippen LogP contribution < -0.4 is 0 Å². The smallest absolute Gasteiger partial charge is 0.0739 e. The predicted molar refractivity (Wildman–Crippen MR) is 151 cm³/mol. The topological polar surface area (TPSA) is 0 Å². The van der Waals surface area contributed by atoms with E-state index < -0.39 is 14.0 Å². The van der Waals surface area contributed by atoms with Crippen molar-refractivity contribution in [1.29, 1.82) is 0 Å². The standard InChI is InChI=1S/C18H13Br9/c1-11-6-5-9-13(10-11)15(21,12-7-3-2-4-8-12)17(24,25)18(26,27)16(22,23)14(19)20/h2-10,14H,1H3. The molecule has 27 heavy (non-hydrogen) atoms. The summed E-state index contributed by atoms with van der Waals surface area (Å²) in [5.74, 6) is 0. The molecule has 148 valence electrons. The Morgan fingerprint density at radius 2 is 1.19 bits per heavy atom. The van der Waals surface area contributed by atoms with Crippen LogP contribution in [0.5, 0.6) is 0 Å². The number of hydrogen-bond acceptors (Lipinski definition) is 0. The van der Waals surface area contributed by atoms with Gasteiger partial charge in [-0.2, -0.15) is 0 Å². The zero-order chi connectivity index (χ0) is 20.7. The van der Waals surface area contributed by atoms with E-state index in [4.69, 9.17) is 0 Å². The van der Waals surface area contributed by atoms with Crippen molar-refractivity contribution in [3.05, 3.63) is 71.3 Å². The average molecular weight is 948 g/mol. The van der Waals surface area contributed by atoms with E-state index >= 15 is 0 Å². The summed E-state index contributed by atoms with van der Waals surface area (Å²) < 4.78 is -2.92. The molecule has 0 nitrogen and oxygen atoms in total. The van der Waals surface area contributed by atoms with Crippen molar-refractivity contribution in [2.45, 2.75) is 24.7 Å². The van der Waals surface area contributed by atoms with Gasteiger partial charge in [0.05, 0.1) is 3.74 Å². The largest absolute Gasteiger partial charge is 0.134 e. The normalized spacial score (nSPS) is 15.7. The Morgan fingerprint density at radius 1 is 0.667 bits per heavy atom. The summed E-state index contributed by atoms with van der Waals surface area (Å²) in [6.07, 6.45) is 0. The minimum atomic E-state index is -0.762. The van der Waals surface area contributed by atoms with Crippen LogP contribution in [0.2, 0.25) is 0 Å². The molecule has 0 aliphatic carbocycles. The van der Waals surface area contributed by atoms with Crippen molar-refractivity contribution >= 4 is 143 Å².